The van der Waals surface area contributed by atoms with Gasteiger partial charge in [0.2, 0.25) is 0 Å². The Morgan fingerprint density at radius 2 is 2.21 bits per heavy atom. The van der Waals surface area contributed by atoms with E-state index in [1.165, 1.54) is 6.42 Å². The minimum absolute atomic E-state index is 0.0345. The first-order chi connectivity index (χ1) is 6.61. The number of ether oxygens (including phenoxy) is 1. The number of carbonyl (C=O) groups is 1. The molecular formula is C10H19NO2S. The van der Waals surface area contributed by atoms with E-state index >= 15 is 0 Å². The summed E-state index contributed by atoms with van der Waals surface area (Å²) in [6.07, 6.45) is 5.18. The van der Waals surface area contributed by atoms with Crippen molar-refractivity contribution in [2.45, 2.75) is 50.5 Å². The molecule has 4 heteroatoms. The molecule has 82 valence electrons. The average molecular weight is 217 g/mol. The van der Waals surface area contributed by atoms with Gasteiger partial charge in [0.15, 0.2) is 0 Å². The van der Waals surface area contributed by atoms with Crippen LogP contribution in [0, 0.1) is 0 Å². The van der Waals surface area contributed by atoms with Crippen LogP contribution in [-0.4, -0.2) is 29.7 Å². The van der Waals surface area contributed by atoms with Crippen molar-refractivity contribution in [1.82, 2.24) is 5.32 Å². The second-order valence-corrected chi connectivity index (χ2v) is 5.10. The van der Waals surface area contributed by atoms with Gasteiger partial charge in [-0.25, -0.2) is 4.79 Å². The van der Waals surface area contributed by atoms with Crippen LogP contribution in [0.5, 0.6) is 0 Å². The van der Waals surface area contributed by atoms with Crippen LogP contribution in [0.1, 0.15) is 33.1 Å². The van der Waals surface area contributed by atoms with Crippen LogP contribution in [0.15, 0.2) is 0 Å². The van der Waals surface area contributed by atoms with Gasteiger partial charge in [0.05, 0.1) is 6.10 Å². The molecule has 0 radical (unpaired) electrons. The average Bonchev–Trinajstić information content (AvgIpc) is 2.50. The van der Waals surface area contributed by atoms with E-state index in [0.29, 0.717) is 11.3 Å². The van der Waals surface area contributed by atoms with Crippen molar-refractivity contribution in [2.75, 3.05) is 6.26 Å². The molecule has 0 bridgehead atoms. The van der Waals surface area contributed by atoms with Gasteiger partial charge in [-0.15, -0.1) is 0 Å². The lowest BCUT2D eigenvalue weighted by molar-refractivity contribution is 0.112. The number of carbonyl (C=O) groups excluding carboxylic acids is 1. The van der Waals surface area contributed by atoms with E-state index in [0.717, 1.165) is 12.8 Å². The number of hydrogen-bond donors (Lipinski definition) is 1. The zero-order chi connectivity index (χ0) is 10.6. The minimum atomic E-state index is -0.272. The summed E-state index contributed by atoms with van der Waals surface area (Å²) >= 11 is 1.89. The molecule has 1 aliphatic rings. The van der Waals surface area contributed by atoms with E-state index in [1.807, 2.05) is 25.6 Å². The topological polar surface area (TPSA) is 38.3 Å². The number of nitrogens with one attached hydrogen (secondary N) is 1. The normalized spacial score (nSPS) is 26.6. The van der Waals surface area contributed by atoms with Crippen LogP contribution in [0.3, 0.4) is 0 Å². The maximum Gasteiger partial charge on any atom is 0.407 e. The zero-order valence-corrected chi connectivity index (χ0v) is 9.89. The monoisotopic (exact) mass is 217 g/mol. The molecule has 0 heterocycles. The van der Waals surface area contributed by atoms with Crippen LogP contribution < -0.4 is 5.32 Å². The van der Waals surface area contributed by atoms with Gasteiger partial charge in [0, 0.05) is 11.3 Å². The molecule has 0 aromatic rings. The fraction of sp³-hybridized carbons (Fsp3) is 0.900. The summed E-state index contributed by atoms with van der Waals surface area (Å²) in [4.78, 5) is 11.3. The van der Waals surface area contributed by atoms with Gasteiger partial charge < -0.3 is 10.1 Å². The first-order valence-corrected chi connectivity index (χ1v) is 6.40. The highest BCUT2D eigenvalue weighted by molar-refractivity contribution is 7.99. The Balaban J connectivity index is 2.22. The quantitative estimate of drug-likeness (QED) is 0.789. The van der Waals surface area contributed by atoms with Crippen molar-refractivity contribution in [2.24, 2.45) is 0 Å². The first kappa shape index (κ1) is 11.7. The number of thioether (sulfide) groups is 1. The fourth-order valence-corrected chi connectivity index (χ4v) is 2.50. The van der Waals surface area contributed by atoms with Gasteiger partial charge in [-0.3, -0.25) is 0 Å². The number of alkyl carbamates (subject to hydrolysis) is 1. The van der Waals surface area contributed by atoms with Gasteiger partial charge in [0.25, 0.3) is 0 Å². The summed E-state index contributed by atoms with van der Waals surface area (Å²) in [7, 11) is 0. The lowest BCUT2D eigenvalue weighted by atomic mass is 10.3. The van der Waals surface area contributed by atoms with Gasteiger partial charge in [-0.1, -0.05) is 0 Å². The molecule has 1 rings (SSSR count). The highest BCUT2D eigenvalue weighted by Crippen LogP contribution is 2.28. The third-order valence-electron chi connectivity index (χ3n) is 2.38. The molecule has 0 spiro atoms. The Labute approximate surface area is 90.0 Å². The second kappa shape index (κ2) is 5.49. The van der Waals surface area contributed by atoms with Gasteiger partial charge >= 0.3 is 6.09 Å². The van der Waals surface area contributed by atoms with Crippen molar-refractivity contribution in [1.29, 1.82) is 0 Å². The van der Waals surface area contributed by atoms with E-state index in [2.05, 4.69) is 11.6 Å². The van der Waals surface area contributed by atoms with Crippen molar-refractivity contribution in [3.63, 3.8) is 0 Å². The summed E-state index contributed by atoms with van der Waals surface area (Å²) in [5, 5.41) is 3.61. The number of hydrogen-bond acceptors (Lipinski definition) is 3. The van der Waals surface area contributed by atoms with E-state index in [-0.39, 0.29) is 12.2 Å². The predicted octanol–water partition coefficient (Wildman–Crippen LogP) is 2.41. The zero-order valence-electron chi connectivity index (χ0n) is 9.08. The summed E-state index contributed by atoms with van der Waals surface area (Å²) in [5.74, 6) is 0. The maximum absolute atomic E-state index is 11.3. The highest BCUT2D eigenvalue weighted by atomic mass is 32.2. The second-order valence-electron chi connectivity index (χ2n) is 3.97. The van der Waals surface area contributed by atoms with E-state index in [1.54, 1.807) is 0 Å². The predicted molar refractivity (Wildman–Crippen MR) is 59.7 cm³/mol. The number of rotatable bonds is 3. The van der Waals surface area contributed by atoms with Gasteiger partial charge in [-0.2, -0.15) is 11.8 Å². The van der Waals surface area contributed by atoms with Crippen molar-refractivity contribution >= 4 is 17.9 Å². The SMILES string of the molecule is CSC1CCC(NC(=O)OC(C)C)C1. The Bertz CT molecular complexity index is 197. The van der Waals surface area contributed by atoms with Crippen molar-refractivity contribution in [3.8, 4) is 0 Å². The standard InChI is InChI=1S/C10H19NO2S/c1-7(2)13-10(12)11-8-4-5-9(6-8)14-3/h7-9H,4-6H2,1-3H3,(H,11,12). The molecular weight excluding hydrogens is 198 g/mol. The van der Waals surface area contributed by atoms with Crippen molar-refractivity contribution in [3.05, 3.63) is 0 Å². The Morgan fingerprint density at radius 1 is 1.50 bits per heavy atom. The third kappa shape index (κ3) is 3.78. The number of amides is 1. The summed E-state index contributed by atoms with van der Waals surface area (Å²) in [6.45, 7) is 3.72. The Hall–Kier alpha value is -0.380. The summed E-state index contributed by atoms with van der Waals surface area (Å²) < 4.78 is 5.02. The minimum Gasteiger partial charge on any atom is -0.447 e. The van der Waals surface area contributed by atoms with Crippen LogP contribution in [-0.2, 0) is 4.74 Å². The van der Waals surface area contributed by atoms with Crippen LogP contribution in [0.2, 0.25) is 0 Å². The molecule has 0 aromatic heterocycles. The first-order valence-electron chi connectivity index (χ1n) is 5.11. The molecule has 1 amide bonds. The smallest absolute Gasteiger partial charge is 0.407 e. The molecule has 2 unspecified atom stereocenters. The molecule has 1 aliphatic carbocycles. The Morgan fingerprint density at radius 3 is 2.71 bits per heavy atom. The summed E-state index contributed by atoms with van der Waals surface area (Å²) in [6, 6.07) is 0.318. The van der Waals surface area contributed by atoms with Gasteiger partial charge in [-0.05, 0) is 39.4 Å². The summed E-state index contributed by atoms with van der Waals surface area (Å²) in [5.41, 5.74) is 0. The lowest BCUT2D eigenvalue weighted by Crippen LogP contribution is -2.34. The molecule has 0 aromatic carbocycles. The lowest BCUT2D eigenvalue weighted by Gasteiger charge is -2.14. The maximum atomic E-state index is 11.3. The third-order valence-corrected chi connectivity index (χ3v) is 3.48. The van der Waals surface area contributed by atoms with E-state index in [9.17, 15) is 4.79 Å². The largest absolute Gasteiger partial charge is 0.447 e. The van der Waals surface area contributed by atoms with E-state index in [4.69, 9.17) is 4.74 Å². The molecule has 14 heavy (non-hydrogen) atoms. The molecule has 1 N–H and O–H groups in total. The van der Waals surface area contributed by atoms with Gasteiger partial charge in [0.1, 0.15) is 0 Å². The molecule has 2 atom stereocenters. The molecule has 1 fully saturated rings. The molecule has 1 saturated carbocycles. The molecule has 0 aliphatic heterocycles. The van der Waals surface area contributed by atoms with Crippen LogP contribution >= 0.6 is 11.8 Å². The van der Waals surface area contributed by atoms with Crippen molar-refractivity contribution < 1.29 is 9.53 Å². The van der Waals surface area contributed by atoms with Crippen LogP contribution in [0.25, 0.3) is 0 Å². The highest BCUT2D eigenvalue weighted by Gasteiger charge is 2.25. The fourth-order valence-electron chi connectivity index (χ4n) is 1.70. The molecule has 3 nitrogen and oxygen atoms in total. The van der Waals surface area contributed by atoms with E-state index < -0.39 is 0 Å². The Kier molecular flexibility index (Phi) is 4.58. The molecule has 0 saturated heterocycles. The van der Waals surface area contributed by atoms with Crippen LogP contribution in [0.4, 0.5) is 4.79 Å².